The number of hydrogen-bond acceptors (Lipinski definition) is 3. The van der Waals surface area contributed by atoms with Crippen molar-refractivity contribution in [3.63, 3.8) is 0 Å². The summed E-state index contributed by atoms with van der Waals surface area (Å²) >= 11 is 5.91. The molecule has 1 heterocycles. The summed E-state index contributed by atoms with van der Waals surface area (Å²) in [6, 6.07) is 16.8. The Morgan fingerprint density at radius 2 is 1.71 bits per heavy atom. The van der Waals surface area contributed by atoms with Gasteiger partial charge in [0.15, 0.2) is 0 Å². The first-order valence-corrected chi connectivity index (χ1v) is 11.8. The molecule has 0 fully saturated rings. The van der Waals surface area contributed by atoms with Gasteiger partial charge < -0.3 is 5.32 Å². The minimum absolute atomic E-state index is 0.188. The van der Waals surface area contributed by atoms with Crippen LogP contribution in [0, 0.1) is 13.8 Å². The zero-order chi connectivity index (χ0) is 22.3. The highest BCUT2D eigenvalue weighted by molar-refractivity contribution is 7.92. The Kier molecular flexibility index (Phi) is 5.54. The number of sulfonamides is 1. The van der Waals surface area contributed by atoms with Crippen LogP contribution in [0.3, 0.4) is 0 Å². The van der Waals surface area contributed by atoms with E-state index in [1.54, 1.807) is 30.3 Å². The van der Waals surface area contributed by atoms with E-state index in [9.17, 15) is 13.2 Å². The fraction of sp³-hybridized carbons (Fsp3) is 0.208. The van der Waals surface area contributed by atoms with Crippen molar-refractivity contribution in [1.29, 1.82) is 0 Å². The summed E-state index contributed by atoms with van der Waals surface area (Å²) in [5, 5.41) is 3.40. The van der Waals surface area contributed by atoms with Crippen LogP contribution in [0.4, 0.5) is 11.4 Å². The zero-order valence-corrected chi connectivity index (χ0v) is 19.1. The molecule has 0 radical (unpaired) electrons. The van der Waals surface area contributed by atoms with Gasteiger partial charge in [0, 0.05) is 22.3 Å². The van der Waals surface area contributed by atoms with Gasteiger partial charge >= 0.3 is 0 Å². The number of hydrogen-bond donors (Lipinski definition) is 1. The minimum Gasteiger partial charge on any atom is -0.322 e. The van der Waals surface area contributed by atoms with Crippen LogP contribution < -0.4 is 9.62 Å². The summed E-state index contributed by atoms with van der Waals surface area (Å²) in [4.78, 5) is 13.0. The normalized spacial score (nSPS) is 15.6. The lowest BCUT2D eigenvalue weighted by Gasteiger charge is -2.24. The van der Waals surface area contributed by atoms with E-state index in [1.165, 1.54) is 16.4 Å². The molecule has 1 atom stereocenters. The molecule has 1 aliphatic rings. The van der Waals surface area contributed by atoms with E-state index in [-0.39, 0.29) is 16.8 Å². The van der Waals surface area contributed by atoms with Gasteiger partial charge in [-0.3, -0.25) is 9.10 Å². The van der Waals surface area contributed by atoms with E-state index in [4.69, 9.17) is 11.6 Å². The van der Waals surface area contributed by atoms with E-state index in [2.05, 4.69) is 5.32 Å². The molecule has 0 aliphatic carbocycles. The number of nitrogens with zero attached hydrogens (tertiary/aromatic N) is 1. The monoisotopic (exact) mass is 454 g/mol. The van der Waals surface area contributed by atoms with Crippen molar-refractivity contribution in [3.8, 4) is 0 Å². The molecule has 7 heteroatoms. The van der Waals surface area contributed by atoms with Crippen LogP contribution in [0.15, 0.2) is 65.6 Å². The average Bonchev–Trinajstić information content (AvgIpc) is 3.06. The molecule has 0 bridgehead atoms. The Labute approximate surface area is 187 Å². The van der Waals surface area contributed by atoms with Crippen molar-refractivity contribution in [3.05, 3.63) is 87.9 Å². The highest BCUT2D eigenvalue weighted by Gasteiger charge is 2.36. The minimum atomic E-state index is -3.73. The van der Waals surface area contributed by atoms with Crippen LogP contribution in [-0.4, -0.2) is 20.4 Å². The summed E-state index contributed by atoms with van der Waals surface area (Å²) in [5.41, 5.74) is 4.92. The molecule has 1 amide bonds. The van der Waals surface area contributed by atoms with Crippen LogP contribution in [0.2, 0.25) is 5.02 Å². The maximum atomic E-state index is 13.2. The van der Waals surface area contributed by atoms with E-state index in [1.807, 2.05) is 39.0 Å². The number of carbonyl (C=O) groups is 1. The number of benzene rings is 3. The Morgan fingerprint density at radius 1 is 1.00 bits per heavy atom. The summed E-state index contributed by atoms with van der Waals surface area (Å²) in [6.07, 6.45) is 0.535. The van der Waals surface area contributed by atoms with E-state index >= 15 is 0 Å². The number of amides is 1. The van der Waals surface area contributed by atoms with Gasteiger partial charge in [-0.15, -0.1) is 0 Å². The van der Waals surface area contributed by atoms with Crippen LogP contribution in [0.25, 0.3) is 0 Å². The van der Waals surface area contributed by atoms with Crippen molar-refractivity contribution in [1.82, 2.24) is 0 Å². The van der Waals surface area contributed by atoms with Gasteiger partial charge in [0.05, 0.1) is 10.6 Å². The first-order chi connectivity index (χ1) is 14.7. The van der Waals surface area contributed by atoms with Crippen LogP contribution in [0.1, 0.15) is 34.0 Å². The molecule has 4 rings (SSSR count). The fourth-order valence-electron chi connectivity index (χ4n) is 3.85. The molecule has 0 unspecified atom stereocenters. The molecule has 0 saturated carbocycles. The quantitative estimate of drug-likeness (QED) is 0.577. The maximum absolute atomic E-state index is 13.2. The van der Waals surface area contributed by atoms with Gasteiger partial charge in [-0.25, -0.2) is 8.42 Å². The number of aryl methyl sites for hydroxylation is 2. The SMILES string of the molecule is Cc1ccc(NC(=O)c2ccc3c(c2)C[C@@H](C)N3S(=O)(=O)c2ccc(Cl)cc2)cc1C. The number of fused-ring (bicyclic) bond motifs is 1. The van der Waals surface area contributed by atoms with Gasteiger partial charge in [-0.1, -0.05) is 17.7 Å². The molecule has 0 spiro atoms. The van der Waals surface area contributed by atoms with E-state index < -0.39 is 10.0 Å². The molecule has 31 heavy (non-hydrogen) atoms. The number of nitrogens with one attached hydrogen (secondary N) is 1. The third-order valence-electron chi connectivity index (χ3n) is 5.63. The topological polar surface area (TPSA) is 66.5 Å². The van der Waals surface area contributed by atoms with Crippen molar-refractivity contribution in [2.75, 3.05) is 9.62 Å². The lowest BCUT2D eigenvalue weighted by atomic mass is 10.1. The van der Waals surface area contributed by atoms with Crippen molar-refractivity contribution < 1.29 is 13.2 Å². The maximum Gasteiger partial charge on any atom is 0.264 e. The number of rotatable bonds is 4. The van der Waals surface area contributed by atoms with Gasteiger partial charge in [0.25, 0.3) is 15.9 Å². The number of carbonyl (C=O) groups excluding carboxylic acids is 1. The highest BCUT2D eigenvalue weighted by Crippen LogP contribution is 2.37. The molecule has 0 aromatic heterocycles. The van der Waals surface area contributed by atoms with Gasteiger partial charge in [0.1, 0.15) is 0 Å². The van der Waals surface area contributed by atoms with Crippen LogP contribution >= 0.6 is 11.6 Å². The van der Waals surface area contributed by atoms with Crippen LogP contribution in [0.5, 0.6) is 0 Å². The summed E-state index contributed by atoms with van der Waals surface area (Å²) in [6.45, 7) is 5.88. The molecule has 1 N–H and O–H groups in total. The molecule has 160 valence electrons. The predicted molar refractivity (Wildman–Crippen MR) is 125 cm³/mol. The largest absolute Gasteiger partial charge is 0.322 e. The Bertz CT molecular complexity index is 1270. The lowest BCUT2D eigenvalue weighted by molar-refractivity contribution is 0.102. The van der Waals surface area contributed by atoms with Crippen molar-refractivity contribution >= 4 is 38.9 Å². The summed E-state index contributed by atoms with van der Waals surface area (Å²) in [5.74, 6) is -0.224. The van der Waals surface area contributed by atoms with Gasteiger partial charge in [0.2, 0.25) is 0 Å². The number of halogens is 1. The Hall–Kier alpha value is -2.83. The lowest BCUT2D eigenvalue weighted by Crippen LogP contribution is -2.35. The molecule has 3 aromatic carbocycles. The van der Waals surface area contributed by atoms with Gasteiger partial charge in [-0.2, -0.15) is 0 Å². The molecule has 1 aliphatic heterocycles. The first kappa shape index (κ1) is 21.4. The highest BCUT2D eigenvalue weighted by atomic mass is 35.5. The molecule has 0 saturated heterocycles. The zero-order valence-electron chi connectivity index (χ0n) is 17.5. The molecular formula is C24H23ClN2O3S. The molecular weight excluding hydrogens is 432 g/mol. The second-order valence-corrected chi connectivity index (χ2v) is 10.2. The second kappa shape index (κ2) is 8.02. The second-order valence-electron chi connectivity index (χ2n) is 7.90. The molecule has 5 nitrogen and oxygen atoms in total. The van der Waals surface area contributed by atoms with Gasteiger partial charge in [-0.05, 0) is 98.5 Å². The molecule has 3 aromatic rings. The third kappa shape index (κ3) is 4.05. The number of anilines is 2. The Balaban J connectivity index is 1.62. The predicted octanol–water partition coefficient (Wildman–Crippen LogP) is 5.35. The van der Waals surface area contributed by atoms with E-state index in [0.717, 1.165) is 22.4 Å². The van der Waals surface area contributed by atoms with Crippen molar-refractivity contribution in [2.45, 2.75) is 38.1 Å². The van der Waals surface area contributed by atoms with E-state index in [0.29, 0.717) is 22.7 Å². The van der Waals surface area contributed by atoms with Crippen molar-refractivity contribution in [2.24, 2.45) is 0 Å². The summed E-state index contributed by atoms with van der Waals surface area (Å²) < 4.78 is 27.9. The third-order valence-corrected chi connectivity index (χ3v) is 7.82. The summed E-state index contributed by atoms with van der Waals surface area (Å²) in [7, 11) is -3.73. The first-order valence-electron chi connectivity index (χ1n) is 9.98. The Morgan fingerprint density at radius 3 is 2.39 bits per heavy atom. The average molecular weight is 455 g/mol. The standard InChI is InChI=1S/C24H23ClN2O3S/c1-15-4-8-21(12-16(15)2)26-24(28)18-5-11-23-19(14-18)13-17(3)27(23)31(29,30)22-9-6-20(25)7-10-22/h4-12,14,17H,13H2,1-3H3,(H,26,28)/t17-/m1/s1. The smallest absolute Gasteiger partial charge is 0.264 e. The van der Waals surface area contributed by atoms with Crippen LogP contribution in [-0.2, 0) is 16.4 Å². The fourth-order valence-corrected chi connectivity index (χ4v) is 5.67.